The van der Waals surface area contributed by atoms with Gasteiger partial charge in [-0.05, 0) is 13.8 Å². The molecule has 3 heterocycles. The molecule has 0 amide bonds. The number of aliphatic hydroxyl groups is 2. The van der Waals surface area contributed by atoms with Crippen molar-refractivity contribution in [1.82, 2.24) is 19.5 Å². The third kappa shape index (κ3) is 1.61. The largest absolute Gasteiger partial charge is 0.387 e. The summed E-state index contributed by atoms with van der Waals surface area (Å²) in [6.07, 6.45) is 0.219. The van der Waals surface area contributed by atoms with Gasteiger partial charge in [-0.15, -0.1) is 0 Å². The molecule has 1 aliphatic heterocycles. The van der Waals surface area contributed by atoms with Crippen LogP contribution in [0.2, 0.25) is 0 Å². The second kappa shape index (κ2) is 3.86. The minimum Gasteiger partial charge on any atom is -0.387 e. The molecule has 0 spiro atoms. The van der Waals surface area contributed by atoms with E-state index in [4.69, 9.17) is 4.74 Å². The molecule has 102 valence electrons. The molecule has 1 fully saturated rings. The van der Waals surface area contributed by atoms with E-state index >= 15 is 0 Å². The summed E-state index contributed by atoms with van der Waals surface area (Å²) in [4.78, 5) is 22.0. The Bertz CT molecular complexity index is 677. The summed E-state index contributed by atoms with van der Waals surface area (Å²) in [7, 11) is 0. The molecule has 0 radical (unpaired) electrons. The summed E-state index contributed by atoms with van der Waals surface area (Å²) >= 11 is 0. The van der Waals surface area contributed by atoms with Crippen LogP contribution in [0.25, 0.3) is 11.2 Å². The van der Waals surface area contributed by atoms with E-state index < -0.39 is 24.0 Å². The molecule has 0 bridgehead atoms. The topological polar surface area (TPSA) is 113 Å². The van der Waals surface area contributed by atoms with Crippen LogP contribution in [0.15, 0.2) is 17.4 Å². The number of imidazole rings is 1. The zero-order valence-electron chi connectivity index (χ0n) is 10.4. The van der Waals surface area contributed by atoms with E-state index in [0.717, 1.165) is 0 Å². The summed E-state index contributed by atoms with van der Waals surface area (Å²) in [5, 5.41) is 20.3. The zero-order chi connectivity index (χ0) is 13.8. The number of hydrogen-bond donors (Lipinski definition) is 3. The lowest BCUT2D eigenvalue weighted by Crippen LogP contribution is -2.43. The maximum Gasteiger partial charge on any atom is 0.278 e. The van der Waals surface area contributed by atoms with Gasteiger partial charge in [-0.3, -0.25) is 9.36 Å². The van der Waals surface area contributed by atoms with Crippen molar-refractivity contribution in [2.24, 2.45) is 0 Å². The van der Waals surface area contributed by atoms with Crippen LogP contribution in [-0.2, 0) is 4.74 Å². The van der Waals surface area contributed by atoms with E-state index in [1.807, 2.05) is 0 Å². The first-order valence-corrected chi connectivity index (χ1v) is 5.89. The highest BCUT2D eigenvalue weighted by Crippen LogP contribution is 2.38. The van der Waals surface area contributed by atoms with E-state index in [0.29, 0.717) is 5.65 Å². The summed E-state index contributed by atoms with van der Waals surface area (Å²) in [5.74, 6) is 0. The molecular formula is C11H14N4O4. The van der Waals surface area contributed by atoms with Gasteiger partial charge in [0.1, 0.15) is 11.7 Å². The predicted octanol–water partition coefficient (Wildman–Crippen LogP) is -0.851. The Morgan fingerprint density at radius 2 is 2.26 bits per heavy atom. The van der Waals surface area contributed by atoms with E-state index in [1.165, 1.54) is 24.1 Å². The van der Waals surface area contributed by atoms with Crippen molar-refractivity contribution in [3.63, 3.8) is 0 Å². The summed E-state index contributed by atoms with van der Waals surface area (Å²) in [5.41, 5.74) is -1.39. The smallest absolute Gasteiger partial charge is 0.278 e. The molecule has 1 saturated heterocycles. The number of aliphatic hydroxyl groups excluding tert-OH is 1. The fraction of sp³-hybridized carbons (Fsp3) is 0.545. The highest BCUT2D eigenvalue weighted by Gasteiger charge is 2.51. The van der Waals surface area contributed by atoms with Crippen molar-refractivity contribution in [3.05, 3.63) is 23.0 Å². The standard InChI is InChI=1S/C11H14N4O4/c1-5-7(16)11(2,18)10(19-5)15-4-14-6-8(15)12-3-13-9(6)17/h3-5,7,10,16,18H,1-2H3,(H,12,13,17)/t5-,7-,10-,11-/m1/s1. The van der Waals surface area contributed by atoms with Crippen molar-refractivity contribution >= 4 is 11.2 Å². The lowest BCUT2D eigenvalue weighted by Gasteiger charge is -2.27. The average molecular weight is 266 g/mol. The number of rotatable bonds is 1. The van der Waals surface area contributed by atoms with Crippen LogP contribution in [0, 0.1) is 0 Å². The molecule has 19 heavy (non-hydrogen) atoms. The van der Waals surface area contributed by atoms with Gasteiger partial charge in [-0.1, -0.05) is 0 Å². The quantitative estimate of drug-likeness (QED) is 0.619. The Labute approximate surface area is 107 Å². The molecule has 8 heteroatoms. The molecule has 0 unspecified atom stereocenters. The van der Waals surface area contributed by atoms with Gasteiger partial charge < -0.3 is 19.9 Å². The fourth-order valence-electron chi connectivity index (χ4n) is 2.42. The first-order chi connectivity index (χ1) is 8.93. The van der Waals surface area contributed by atoms with Crippen molar-refractivity contribution in [2.45, 2.75) is 37.9 Å². The van der Waals surface area contributed by atoms with Gasteiger partial charge in [-0.2, -0.15) is 0 Å². The van der Waals surface area contributed by atoms with Crippen LogP contribution in [0.4, 0.5) is 0 Å². The summed E-state index contributed by atoms with van der Waals surface area (Å²) in [6, 6.07) is 0. The van der Waals surface area contributed by atoms with Crippen molar-refractivity contribution in [1.29, 1.82) is 0 Å². The molecule has 0 aromatic carbocycles. The van der Waals surface area contributed by atoms with Crippen molar-refractivity contribution in [3.8, 4) is 0 Å². The molecule has 1 aliphatic rings. The minimum absolute atomic E-state index is 0.163. The molecule has 3 N–H and O–H groups in total. The van der Waals surface area contributed by atoms with Crippen LogP contribution < -0.4 is 5.56 Å². The van der Waals surface area contributed by atoms with Crippen LogP contribution in [-0.4, -0.2) is 47.5 Å². The number of aromatic nitrogens is 4. The SMILES string of the molecule is C[C@H]1O[C@@H](n2cnc3c(=O)[nH]cnc32)[C@](C)(O)[C@@H]1O. The van der Waals surface area contributed by atoms with Gasteiger partial charge in [-0.25, -0.2) is 9.97 Å². The number of nitrogens with zero attached hydrogens (tertiary/aromatic N) is 3. The van der Waals surface area contributed by atoms with E-state index in [-0.39, 0.29) is 11.1 Å². The first kappa shape index (κ1) is 12.3. The zero-order valence-corrected chi connectivity index (χ0v) is 10.4. The number of hydrogen-bond acceptors (Lipinski definition) is 6. The summed E-state index contributed by atoms with van der Waals surface area (Å²) < 4.78 is 7.01. The molecule has 2 aromatic rings. The second-order valence-corrected chi connectivity index (χ2v) is 4.92. The second-order valence-electron chi connectivity index (χ2n) is 4.92. The van der Waals surface area contributed by atoms with Gasteiger partial charge in [0, 0.05) is 0 Å². The molecule has 0 aliphatic carbocycles. The fourth-order valence-corrected chi connectivity index (χ4v) is 2.42. The molecule has 0 saturated carbocycles. The Balaban J connectivity index is 2.16. The molecule has 2 aromatic heterocycles. The Morgan fingerprint density at radius 1 is 1.53 bits per heavy atom. The third-order valence-corrected chi connectivity index (χ3v) is 3.50. The average Bonchev–Trinajstić information content (AvgIpc) is 2.86. The lowest BCUT2D eigenvalue weighted by atomic mass is 9.97. The van der Waals surface area contributed by atoms with Gasteiger partial charge in [0.05, 0.1) is 18.8 Å². The maximum absolute atomic E-state index is 11.6. The Morgan fingerprint density at radius 3 is 2.89 bits per heavy atom. The maximum atomic E-state index is 11.6. The van der Waals surface area contributed by atoms with Crippen LogP contribution in [0.3, 0.4) is 0 Å². The molecule has 4 atom stereocenters. The van der Waals surface area contributed by atoms with E-state index in [1.54, 1.807) is 6.92 Å². The monoisotopic (exact) mass is 266 g/mol. The Kier molecular flexibility index (Phi) is 2.49. The highest BCUT2D eigenvalue weighted by molar-refractivity contribution is 5.68. The number of H-pyrrole nitrogens is 1. The van der Waals surface area contributed by atoms with Gasteiger partial charge >= 0.3 is 0 Å². The molecule has 8 nitrogen and oxygen atoms in total. The number of aromatic amines is 1. The van der Waals surface area contributed by atoms with Crippen LogP contribution >= 0.6 is 0 Å². The van der Waals surface area contributed by atoms with Gasteiger partial charge in [0.2, 0.25) is 0 Å². The molecule has 3 rings (SSSR count). The first-order valence-electron chi connectivity index (χ1n) is 5.89. The summed E-state index contributed by atoms with van der Waals surface area (Å²) in [6.45, 7) is 3.14. The van der Waals surface area contributed by atoms with Crippen molar-refractivity contribution < 1.29 is 14.9 Å². The normalized spacial score (nSPS) is 35.1. The predicted molar refractivity (Wildman–Crippen MR) is 64.4 cm³/mol. The third-order valence-electron chi connectivity index (χ3n) is 3.50. The number of nitrogens with one attached hydrogen (secondary N) is 1. The van der Waals surface area contributed by atoms with E-state index in [2.05, 4.69) is 15.0 Å². The van der Waals surface area contributed by atoms with E-state index in [9.17, 15) is 15.0 Å². The van der Waals surface area contributed by atoms with Crippen LogP contribution in [0.1, 0.15) is 20.1 Å². The van der Waals surface area contributed by atoms with Gasteiger partial charge in [0.25, 0.3) is 5.56 Å². The highest BCUT2D eigenvalue weighted by atomic mass is 16.6. The van der Waals surface area contributed by atoms with Crippen molar-refractivity contribution in [2.75, 3.05) is 0 Å². The number of ether oxygens (including phenoxy) is 1. The molecular weight excluding hydrogens is 252 g/mol. The van der Waals surface area contributed by atoms with Gasteiger partial charge in [0.15, 0.2) is 17.4 Å². The lowest BCUT2D eigenvalue weighted by molar-refractivity contribution is -0.0936. The van der Waals surface area contributed by atoms with Crippen LogP contribution in [0.5, 0.6) is 0 Å². The number of fused-ring (bicyclic) bond motifs is 1. The Hall–Kier alpha value is -1.77. The minimum atomic E-state index is -1.49.